The number of morpholine rings is 1. The fourth-order valence-electron chi connectivity index (χ4n) is 1.76. The van der Waals surface area contributed by atoms with Crippen LogP contribution in [0.25, 0.3) is 0 Å². The molecule has 0 N–H and O–H groups in total. The highest BCUT2D eigenvalue weighted by Crippen LogP contribution is 2.38. The van der Waals surface area contributed by atoms with Gasteiger partial charge in [0.2, 0.25) is 6.30 Å². The first-order valence-electron chi connectivity index (χ1n) is 5.88. The minimum Gasteiger partial charge on any atom is -0.353 e. The Morgan fingerprint density at radius 3 is 1.64 bits per heavy atom. The molecule has 130 valence electrons. The van der Waals surface area contributed by atoms with Gasteiger partial charge >= 0.3 is 18.3 Å². The number of halogens is 9. The summed E-state index contributed by atoms with van der Waals surface area (Å²) >= 11 is 0. The van der Waals surface area contributed by atoms with E-state index in [1.54, 1.807) is 0 Å². The lowest BCUT2D eigenvalue weighted by Crippen LogP contribution is -2.61. The Morgan fingerprint density at radius 2 is 1.36 bits per heavy atom. The predicted octanol–water partition coefficient (Wildman–Crippen LogP) is 3.69. The Morgan fingerprint density at radius 1 is 1.00 bits per heavy atom. The lowest BCUT2D eigenvalue weighted by molar-refractivity contribution is -0.316. The van der Waals surface area contributed by atoms with E-state index in [-0.39, 0.29) is 4.90 Å². The first kappa shape index (κ1) is 19.1. The van der Waals surface area contributed by atoms with E-state index in [2.05, 4.69) is 11.3 Å². The molecule has 0 spiro atoms. The zero-order valence-corrected chi connectivity index (χ0v) is 11.1. The van der Waals surface area contributed by atoms with E-state index in [0.717, 1.165) is 6.92 Å². The fraction of sp³-hybridized carbons (Fsp3) is 0.818. The van der Waals surface area contributed by atoms with Crippen molar-refractivity contribution in [2.75, 3.05) is 13.1 Å². The summed E-state index contributed by atoms with van der Waals surface area (Å²) in [4.78, 5) is -0.228. The zero-order valence-electron chi connectivity index (χ0n) is 11.1. The van der Waals surface area contributed by atoms with Crippen molar-refractivity contribution in [1.29, 1.82) is 0 Å². The molecule has 0 amide bonds. The largest absolute Gasteiger partial charge is 0.415 e. The number of alkyl halides is 9. The van der Waals surface area contributed by atoms with Crippen molar-refractivity contribution in [3.8, 4) is 0 Å². The van der Waals surface area contributed by atoms with Gasteiger partial charge < -0.3 is 4.74 Å². The van der Waals surface area contributed by atoms with Crippen LogP contribution >= 0.6 is 0 Å². The molecule has 0 radical (unpaired) electrons. The molecule has 0 aliphatic carbocycles. The van der Waals surface area contributed by atoms with Crippen molar-refractivity contribution in [2.24, 2.45) is 0 Å². The molecule has 0 aromatic carbocycles. The number of rotatable bonds is 3. The monoisotopic (exact) mass is 345 g/mol. The molecule has 1 rings (SSSR count). The van der Waals surface area contributed by atoms with Gasteiger partial charge in [0.05, 0.1) is 0 Å². The third kappa shape index (κ3) is 4.06. The second-order valence-corrected chi connectivity index (χ2v) is 4.89. The van der Waals surface area contributed by atoms with Gasteiger partial charge in [0.1, 0.15) is 0 Å². The highest BCUT2D eigenvalue weighted by atomic mass is 19.4. The average Bonchev–Trinajstić information content (AvgIpc) is 2.34. The van der Waals surface area contributed by atoms with E-state index in [0.29, 0.717) is 0 Å². The van der Waals surface area contributed by atoms with Crippen molar-refractivity contribution in [1.82, 2.24) is 4.90 Å². The number of nitrogens with zero attached hydrogens (tertiary/aromatic N) is 1. The molecular formula is C11H12F9NO. The van der Waals surface area contributed by atoms with Crippen LogP contribution in [0.3, 0.4) is 0 Å². The van der Waals surface area contributed by atoms with Crippen LogP contribution in [0.2, 0.25) is 0 Å². The summed E-state index contributed by atoms with van der Waals surface area (Å²) in [6.07, 6.45) is -19.9. The third-order valence-electron chi connectivity index (χ3n) is 3.05. The van der Waals surface area contributed by atoms with E-state index >= 15 is 0 Å². The summed E-state index contributed by atoms with van der Waals surface area (Å²) in [5.41, 5.74) is -1.02. The molecule has 1 aliphatic rings. The van der Waals surface area contributed by atoms with E-state index in [4.69, 9.17) is 0 Å². The summed E-state index contributed by atoms with van der Waals surface area (Å²) in [5.74, 6) is -4.29. The van der Waals surface area contributed by atoms with Crippen LogP contribution in [-0.4, -0.2) is 54.8 Å². The van der Waals surface area contributed by atoms with Crippen LogP contribution in [0, 0.1) is 0 Å². The van der Waals surface area contributed by atoms with Crippen LogP contribution in [0.1, 0.15) is 6.92 Å². The smallest absolute Gasteiger partial charge is 0.353 e. The van der Waals surface area contributed by atoms with Crippen molar-refractivity contribution < 1.29 is 44.3 Å². The molecular weight excluding hydrogens is 333 g/mol. The van der Waals surface area contributed by atoms with Gasteiger partial charge in [0.25, 0.3) is 0 Å². The molecule has 3 unspecified atom stereocenters. The van der Waals surface area contributed by atoms with Gasteiger partial charge in [-0.05, 0) is 12.5 Å². The first-order chi connectivity index (χ1) is 9.67. The Kier molecular flexibility index (Phi) is 5.13. The van der Waals surface area contributed by atoms with E-state index in [1.165, 1.54) is 0 Å². The van der Waals surface area contributed by atoms with Crippen LogP contribution in [0.4, 0.5) is 39.5 Å². The van der Waals surface area contributed by atoms with Gasteiger partial charge in [-0.2, -0.15) is 35.1 Å². The summed E-state index contributed by atoms with van der Waals surface area (Å²) < 4.78 is 120. The maximum Gasteiger partial charge on any atom is 0.415 e. The van der Waals surface area contributed by atoms with Crippen molar-refractivity contribution in [2.45, 2.75) is 43.7 Å². The van der Waals surface area contributed by atoms with E-state index < -0.39 is 55.4 Å². The normalized spacial score (nSPS) is 26.8. The second kappa shape index (κ2) is 5.91. The summed E-state index contributed by atoms with van der Waals surface area (Å²) in [7, 11) is 0. The lowest BCUT2D eigenvalue weighted by Gasteiger charge is -2.41. The maximum atomic E-state index is 13.8. The van der Waals surface area contributed by atoms with Crippen molar-refractivity contribution in [3.63, 3.8) is 0 Å². The highest BCUT2D eigenvalue weighted by Gasteiger charge is 2.56. The molecule has 11 heteroatoms. The minimum atomic E-state index is -5.25. The number of ether oxygens (including phenoxy) is 1. The Labute approximate surface area is 119 Å². The third-order valence-corrected chi connectivity index (χ3v) is 3.05. The van der Waals surface area contributed by atoms with Gasteiger partial charge in [-0.15, -0.1) is 0 Å². The Bertz CT molecular complexity index is 395. The summed E-state index contributed by atoms with van der Waals surface area (Å²) in [6.45, 7) is 0.559. The van der Waals surface area contributed by atoms with Crippen LogP contribution < -0.4 is 0 Å². The van der Waals surface area contributed by atoms with E-state index in [9.17, 15) is 39.5 Å². The molecule has 3 atom stereocenters. The molecule has 2 nitrogen and oxygen atoms in total. The van der Waals surface area contributed by atoms with E-state index in [1.807, 2.05) is 0 Å². The minimum absolute atomic E-state index is 0.228. The number of hydrogen-bond donors (Lipinski definition) is 0. The Balaban J connectivity index is 3.06. The van der Waals surface area contributed by atoms with Crippen LogP contribution in [0.5, 0.6) is 0 Å². The predicted molar refractivity (Wildman–Crippen MR) is 57.0 cm³/mol. The van der Waals surface area contributed by atoms with Gasteiger partial charge in [-0.3, -0.25) is 4.90 Å². The summed E-state index contributed by atoms with van der Waals surface area (Å²) in [6, 6.07) is 0. The fourth-order valence-corrected chi connectivity index (χ4v) is 1.76. The molecule has 1 saturated heterocycles. The van der Waals surface area contributed by atoms with Crippen molar-refractivity contribution >= 4 is 0 Å². The van der Waals surface area contributed by atoms with Gasteiger partial charge in [0.15, 0.2) is 12.2 Å². The first-order valence-corrected chi connectivity index (χ1v) is 5.88. The maximum absolute atomic E-state index is 13.8. The van der Waals surface area contributed by atoms with Gasteiger partial charge in [-0.1, -0.05) is 6.58 Å². The molecule has 1 aliphatic heterocycles. The average molecular weight is 345 g/mol. The molecule has 1 heterocycles. The lowest BCUT2D eigenvalue weighted by atomic mass is 10.1. The molecule has 22 heavy (non-hydrogen) atoms. The highest BCUT2D eigenvalue weighted by molar-refractivity contribution is 5.07. The van der Waals surface area contributed by atoms with Crippen LogP contribution in [-0.2, 0) is 4.74 Å². The van der Waals surface area contributed by atoms with Crippen LogP contribution in [0.15, 0.2) is 12.2 Å². The number of hydrogen-bond acceptors (Lipinski definition) is 2. The second-order valence-electron chi connectivity index (χ2n) is 4.89. The van der Waals surface area contributed by atoms with Gasteiger partial charge in [-0.25, -0.2) is 4.39 Å². The van der Waals surface area contributed by atoms with Crippen molar-refractivity contribution in [3.05, 3.63) is 12.2 Å². The summed E-state index contributed by atoms with van der Waals surface area (Å²) in [5, 5.41) is 0. The zero-order chi connectivity index (χ0) is 17.5. The SMILES string of the molecule is C=C(C)C(F)(F)C(F)N1CC(C(F)(F)F)OC(C(F)(F)F)C1. The van der Waals surface area contributed by atoms with Gasteiger partial charge in [0, 0.05) is 13.1 Å². The molecule has 0 aromatic rings. The Hall–Kier alpha value is -0.970. The molecule has 1 fully saturated rings. The molecule has 0 saturated carbocycles. The molecule has 0 aromatic heterocycles. The quantitative estimate of drug-likeness (QED) is 0.440. The standard InChI is InChI=1S/C11H12F9NO/c1-5(2)9(13,14)8(12)21-3-6(10(15,16)17)22-7(4-21)11(18,19)20/h6-8H,1,3-4H2,2H3. The topological polar surface area (TPSA) is 12.5 Å². The molecule has 0 bridgehead atoms.